The van der Waals surface area contributed by atoms with Crippen LogP contribution in [0.15, 0.2) is 30.7 Å². The number of nitrogens with two attached hydrogens (primary N) is 1. The van der Waals surface area contributed by atoms with Crippen molar-refractivity contribution in [3.8, 4) is 11.8 Å². The van der Waals surface area contributed by atoms with E-state index in [2.05, 4.69) is 22.1 Å². The van der Waals surface area contributed by atoms with Crippen molar-refractivity contribution in [3.63, 3.8) is 0 Å². The molecule has 0 aliphatic carbocycles. The van der Waals surface area contributed by atoms with Crippen molar-refractivity contribution in [2.24, 2.45) is 12.8 Å². The van der Waals surface area contributed by atoms with Crippen molar-refractivity contribution in [3.05, 3.63) is 47.5 Å². The lowest BCUT2D eigenvalue weighted by molar-refractivity contribution is 0.101. The summed E-state index contributed by atoms with van der Waals surface area (Å²) < 4.78 is 1.67. The number of carbonyl (C=O) groups excluding carboxylic acids is 1. The van der Waals surface area contributed by atoms with E-state index in [-0.39, 0.29) is 5.91 Å². The summed E-state index contributed by atoms with van der Waals surface area (Å²) in [5.41, 5.74) is 8.48. The number of nitrogens with zero attached hydrogens (tertiary/aromatic N) is 2. The molecule has 0 atom stereocenters. The van der Waals surface area contributed by atoms with Crippen LogP contribution in [0.2, 0.25) is 0 Å². The highest BCUT2D eigenvalue weighted by molar-refractivity contribution is 6.03. The van der Waals surface area contributed by atoms with Crippen LogP contribution in [0, 0.1) is 18.8 Å². The van der Waals surface area contributed by atoms with E-state index in [1.165, 1.54) is 6.20 Å². The molecule has 102 valence electrons. The van der Waals surface area contributed by atoms with E-state index in [0.29, 0.717) is 17.9 Å². The Labute approximate surface area is 117 Å². The van der Waals surface area contributed by atoms with Gasteiger partial charge in [0, 0.05) is 18.3 Å². The number of imidazole rings is 1. The minimum absolute atomic E-state index is 0.202. The SMILES string of the molecule is Cc1ccc(NC(=O)c2cncn2C)cc1C#CCN. The zero-order valence-electron chi connectivity index (χ0n) is 11.5. The van der Waals surface area contributed by atoms with Gasteiger partial charge >= 0.3 is 0 Å². The highest BCUT2D eigenvalue weighted by Gasteiger charge is 2.10. The van der Waals surface area contributed by atoms with Crippen molar-refractivity contribution in [1.82, 2.24) is 9.55 Å². The van der Waals surface area contributed by atoms with Crippen molar-refractivity contribution in [1.29, 1.82) is 0 Å². The Morgan fingerprint density at radius 1 is 1.50 bits per heavy atom. The molecule has 0 bridgehead atoms. The minimum Gasteiger partial charge on any atom is -0.330 e. The minimum atomic E-state index is -0.202. The summed E-state index contributed by atoms with van der Waals surface area (Å²) in [7, 11) is 1.77. The number of benzene rings is 1. The molecule has 0 fully saturated rings. The van der Waals surface area contributed by atoms with Gasteiger partial charge in [0.15, 0.2) is 0 Å². The van der Waals surface area contributed by atoms with E-state index in [1.54, 1.807) is 17.9 Å². The lowest BCUT2D eigenvalue weighted by Gasteiger charge is -2.07. The topological polar surface area (TPSA) is 72.9 Å². The second kappa shape index (κ2) is 6.04. The predicted molar refractivity (Wildman–Crippen MR) is 78.3 cm³/mol. The monoisotopic (exact) mass is 268 g/mol. The first-order valence-electron chi connectivity index (χ1n) is 6.19. The van der Waals surface area contributed by atoms with Gasteiger partial charge in [-0.1, -0.05) is 17.9 Å². The van der Waals surface area contributed by atoms with Crippen LogP contribution in [0.25, 0.3) is 0 Å². The van der Waals surface area contributed by atoms with Gasteiger partial charge in [0.05, 0.1) is 19.1 Å². The van der Waals surface area contributed by atoms with Gasteiger partial charge < -0.3 is 15.6 Å². The second-order valence-electron chi connectivity index (χ2n) is 4.38. The number of aromatic nitrogens is 2. The molecule has 0 saturated carbocycles. The van der Waals surface area contributed by atoms with E-state index in [0.717, 1.165) is 11.1 Å². The predicted octanol–water partition coefficient (Wildman–Crippen LogP) is 1.29. The Bertz CT molecular complexity index is 691. The molecule has 0 aliphatic rings. The summed E-state index contributed by atoms with van der Waals surface area (Å²) in [4.78, 5) is 16.0. The molecule has 0 saturated heterocycles. The second-order valence-corrected chi connectivity index (χ2v) is 4.38. The summed E-state index contributed by atoms with van der Waals surface area (Å²) in [5, 5.41) is 2.83. The fourth-order valence-corrected chi connectivity index (χ4v) is 1.75. The number of aryl methyl sites for hydroxylation is 2. The standard InChI is InChI=1S/C15H16N4O/c1-11-5-6-13(8-12(11)4-3-7-16)18-15(20)14-9-17-10-19(14)2/h5-6,8-10H,7,16H2,1-2H3,(H,18,20). The van der Waals surface area contributed by atoms with Crippen LogP contribution >= 0.6 is 0 Å². The first-order valence-corrected chi connectivity index (χ1v) is 6.19. The fraction of sp³-hybridized carbons (Fsp3) is 0.200. The third-order valence-corrected chi connectivity index (χ3v) is 2.87. The molecule has 0 aliphatic heterocycles. The molecule has 2 aromatic rings. The van der Waals surface area contributed by atoms with Crippen molar-refractivity contribution in [2.45, 2.75) is 6.92 Å². The molecule has 2 rings (SSSR count). The molecular weight excluding hydrogens is 252 g/mol. The number of anilines is 1. The Balaban J connectivity index is 2.22. The number of nitrogens with one attached hydrogen (secondary N) is 1. The van der Waals surface area contributed by atoms with Crippen LogP contribution < -0.4 is 11.1 Å². The quantitative estimate of drug-likeness (QED) is 0.806. The van der Waals surface area contributed by atoms with E-state index in [9.17, 15) is 4.79 Å². The molecule has 5 heteroatoms. The van der Waals surface area contributed by atoms with Gasteiger partial charge in [0.2, 0.25) is 0 Å². The number of hydrogen-bond acceptors (Lipinski definition) is 3. The fourth-order valence-electron chi connectivity index (χ4n) is 1.75. The van der Waals surface area contributed by atoms with Gasteiger partial charge in [-0.2, -0.15) is 0 Å². The molecule has 1 aromatic heterocycles. The average molecular weight is 268 g/mol. The molecular formula is C15H16N4O. The zero-order valence-corrected chi connectivity index (χ0v) is 11.5. The molecule has 0 unspecified atom stereocenters. The van der Waals surface area contributed by atoms with E-state index in [4.69, 9.17) is 5.73 Å². The molecule has 0 spiro atoms. The Morgan fingerprint density at radius 3 is 2.95 bits per heavy atom. The van der Waals surface area contributed by atoms with E-state index in [1.807, 2.05) is 25.1 Å². The van der Waals surface area contributed by atoms with Crippen molar-refractivity contribution < 1.29 is 4.79 Å². The van der Waals surface area contributed by atoms with Crippen molar-refractivity contribution >= 4 is 11.6 Å². The molecule has 1 heterocycles. The van der Waals surface area contributed by atoms with Gasteiger partial charge in [0.25, 0.3) is 5.91 Å². The highest BCUT2D eigenvalue weighted by atomic mass is 16.1. The lowest BCUT2D eigenvalue weighted by Crippen LogP contribution is -2.15. The molecule has 3 N–H and O–H groups in total. The first-order chi connectivity index (χ1) is 9.61. The number of carbonyl (C=O) groups is 1. The van der Waals surface area contributed by atoms with E-state index < -0.39 is 0 Å². The van der Waals surface area contributed by atoms with E-state index >= 15 is 0 Å². The first kappa shape index (κ1) is 13.8. The summed E-state index contributed by atoms with van der Waals surface area (Å²) in [6, 6.07) is 5.60. The summed E-state index contributed by atoms with van der Waals surface area (Å²) in [5.74, 6) is 5.60. The number of rotatable bonds is 2. The van der Waals surface area contributed by atoms with Crippen LogP contribution in [-0.4, -0.2) is 22.0 Å². The van der Waals surface area contributed by atoms with Crippen LogP contribution in [0.5, 0.6) is 0 Å². The van der Waals surface area contributed by atoms with Gasteiger partial charge in [-0.15, -0.1) is 0 Å². The Hall–Kier alpha value is -2.58. The van der Waals surface area contributed by atoms with Gasteiger partial charge in [-0.25, -0.2) is 4.98 Å². The van der Waals surface area contributed by atoms with Gasteiger partial charge in [-0.3, -0.25) is 4.79 Å². The molecule has 1 amide bonds. The average Bonchev–Trinajstić information content (AvgIpc) is 2.85. The van der Waals surface area contributed by atoms with Crippen LogP contribution in [-0.2, 0) is 7.05 Å². The highest BCUT2D eigenvalue weighted by Crippen LogP contribution is 2.15. The van der Waals surface area contributed by atoms with Crippen molar-refractivity contribution in [2.75, 3.05) is 11.9 Å². The molecule has 5 nitrogen and oxygen atoms in total. The normalized spacial score (nSPS) is 9.75. The summed E-state index contributed by atoms with van der Waals surface area (Å²) >= 11 is 0. The largest absolute Gasteiger partial charge is 0.330 e. The third kappa shape index (κ3) is 3.05. The van der Waals surface area contributed by atoms with Crippen LogP contribution in [0.3, 0.4) is 0 Å². The Kier molecular flexibility index (Phi) is 4.18. The number of amides is 1. The lowest BCUT2D eigenvalue weighted by atomic mass is 10.1. The summed E-state index contributed by atoms with van der Waals surface area (Å²) in [6.07, 6.45) is 3.11. The maximum Gasteiger partial charge on any atom is 0.273 e. The Morgan fingerprint density at radius 2 is 2.30 bits per heavy atom. The smallest absolute Gasteiger partial charge is 0.273 e. The maximum absolute atomic E-state index is 12.1. The van der Waals surface area contributed by atoms with Gasteiger partial charge in [-0.05, 0) is 24.6 Å². The molecule has 1 aromatic carbocycles. The maximum atomic E-state index is 12.1. The summed E-state index contributed by atoms with van der Waals surface area (Å²) in [6.45, 7) is 2.28. The van der Waals surface area contributed by atoms with Crippen LogP contribution in [0.1, 0.15) is 21.6 Å². The number of hydrogen-bond donors (Lipinski definition) is 2. The molecule has 20 heavy (non-hydrogen) atoms. The van der Waals surface area contributed by atoms with Crippen LogP contribution in [0.4, 0.5) is 5.69 Å². The third-order valence-electron chi connectivity index (χ3n) is 2.87. The molecule has 0 radical (unpaired) electrons. The zero-order chi connectivity index (χ0) is 14.5. The van der Waals surface area contributed by atoms with Gasteiger partial charge in [0.1, 0.15) is 5.69 Å².